The second kappa shape index (κ2) is 29.8. The van der Waals surface area contributed by atoms with Gasteiger partial charge in [-0.05, 0) is 6.92 Å². The first-order chi connectivity index (χ1) is 3.15. The Morgan fingerprint density at radius 1 is 1.20 bits per heavy atom. The molecule has 10 heavy (non-hydrogen) atoms. The summed E-state index contributed by atoms with van der Waals surface area (Å²) < 4.78 is 0. The van der Waals surface area contributed by atoms with Crippen LogP contribution in [-0.4, -0.2) is 46.2 Å². The van der Waals surface area contributed by atoms with Crippen LogP contribution in [0.3, 0.4) is 0 Å². The van der Waals surface area contributed by atoms with Gasteiger partial charge in [-0.15, -0.1) is 0 Å². The molecule has 0 aliphatic rings. The molecule has 0 fully saturated rings. The minimum atomic E-state index is -1.72. The van der Waals surface area contributed by atoms with Crippen LogP contribution in [-0.2, 0) is 0 Å². The van der Waals surface area contributed by atoms with Crippen molar-refractivity contribution in [1.82, 2.24) is 0 Å². The third-order valence-electron chi connectivity index (χ3n) is 0. The molecule has 0 aromatic carbocycles. The summed E-state index contributed by atoms with van der Waals surface area (Å²) in [4.78, 5) is 0. The van der Waals surface area contributed by atoms with Gasteiger partial charge in [-0.2, -0.15) is 0 Å². The molecule has 0 unspecified atom stereocenters. The maximum atomic E-state index is 7.57. The Balaban J connectivity index is -0.0000000131. The fourth-order valence-corrected chi connectivity index (χ4v) is 0. The van der Waals surface area contributed by atoms with Crippen LogP contribution in [0.25, 0.3) is 0 Å². The Bertz CT molecular complexity index is 30.9. The van der Waals surface area contributed by atoms with Gasteiger partial charge in [-0.1, -0.05) is 0 Å². The molecular formula is C2H6AlCl5MgO. The summed E-state index contributed by atoms with van der Waals surface area (Å²) in [5, 5.41) is 7.57. The smallest absolute Gasteiger partial charge is 1.00 e. The van der Waals surface area contributed by atoms with Crippen LogP contribution in [0.15, 0.2) is 0 Å². The average molecular weight is 275 g/mol. The molecule has 0 aromatic heterocycles. The number of rotatable bonds is 0. The van der Waals surface area contributed by atoms with E-state index in [2.05, 4.69) is 0 Å². The zero-order valence-electron chi connectivity index (χ0n) is 5.33. The first-order valence-electron chi connectivity index (χ1n) is 1.68. The van der Waals surface area contributed by atoms with Crippen molar-refractivity contribution < 1.29 is 29.9 Å². The number of halogens is 5. The Morgan fingerprint density at radius 3 is 1.20 bits per heavy atom. The third kappa shape index (κ3) is 138. The fourth-order valence-electron chi connectivity index (χ4n) is 0. The molecule has 0 aromatic rings. The largest absolute Gasteiger partial charge is 2.00 e. The molecule has 0 saturated carbocycles. The van der Waals surface area contributed by atoms with Gasteiger partial charge in [0.2, 0.25) is 0 Å². The Labute approximate surface area is 107 Å². The topological polar surface area (TPSA) is 20.2 Å². The SMILES string of the molecule is CCO.[Cl-].[Cl-].[Cl][Al]([Cl])[Cl].[Mg+2]. The molecule has 0 amide bonds. The van der Waals surface area contributed by atoms with Gasteiger partial charge in [0.15, 0.2) is 0 Å². The van der Waals surface area contributed by atoms with E-state index in [1.54, 1.807) is 6.92 Å². The van der Waals surface area contributed by atoms with E-state index in [1.807, 2.05) is 0 Å². The predicted octanol–water partition coefficient (Wildman–Crippen LogP) is -4.69. The van der Waals surface area contributed by atoms with E-state index >= 15 is 0 Å². The molecule has 1 N–H and O–H groups in total. The first kappa shape index (κ1) is 29.3. The van der Waals surface area contributed by atoms with E-state index in [4.69, 9.17) is 35.3 Å². The van der Waals surface area contributed by atoms with Gasteiger partial charge >= 0.3 is 34.4 Å². The van der Waals surface area contributed by atoms with E-state index < -0.39 is 11.4 Å². The van der Waals surface area contributed by atoms with Crippen LogP contribution in [0.2, 0.25) is 0 Å². The van der Waals surface area contributed by atoms with Crippen molar-refractivity contribution in [2.75, 3.05) is 6.61 Å². The molecule has 0 bridgehead atoms. The van der Waals surface area contributed by atoms with Gasteiger partial charge in [-0.25, -0.2) is 30.1 Å². The molecule has 0 saturated heterocycles. The third-order valence-corrected chi connectivity index (χ3v) is 0. The maximum absolute atomic E-state index is 7.57. The van der Waals surface area contributed by atoms with Crippen molar-refractivity contribution in [3.8, 4) is 0 Å². The summed E-state index contributed by atoms with van der Waals surface area (Å²) in [5.74, 6) is 0. The monoisotopic (exact) mass is 272 g/mol. The van der Waals surface area contributed by atoms with Crippen molar-refractivity contribution >= 4 is 64.6 Å². The van der Waals surface area contributed by atoms with E-state index in [0.717, 1.165) is 0 Å². The minimum Gasteiger partial charge on any atom is -1.00 e. The Hall–Kier alpha value is 2.71. The van der Waals surface area contributed by atoms with Gasteiger partial charge in [0, 0.05) is 6.61 Å². The summed E-state index contributed by atoms with van der Waals surface area (Å²) in [6, 6.07) is 0. The molecule has 0 aliphatic carbocycles. The normalized spacial score (nSPS) is 4.50. The van der Waals surface area contributed by atoms with Gasteiger partial charge < -0.3 is 29.9 Å². The van der Waals surface area contributed by atoms with E-state index in [1.165, 1.54) is 0 Å². The molecule has 60 valence electrons. The molecule has 0 spiro atoms. The molecule has 1 nitrogen and oxygen atoms in total. The molecule has 0 rings (SSSR count). The zero-order valence-corrected chi connectivity index (χ0v) is 11.7. The first-order valence-corrected chi connectivity index (χ1v) is 6.92. The standard InChI is InChI=1S/C2H6O.Al.5ClH.Mg/c1-2-3;;;;;;;/h3H,2H2,1H3;;5*1H;/q;+3;;;;;;+2/p-5. The summed E-state index contributed by atoms with van der Waals surface area (Å²) in [6.45, 7) is 1.93. The van der Waals surface area contributed by atoms with Crippen molar-refractivity contribution in [3.63, 3.8) is 0 Å². The number of aliphatic hydroxyl groups excluding tert-OH is 1. The van der Waals surface area contributed by atoms with Crippen molar-refractivity contribution in [2.45, 2.75) is 6.92 Å². The number of hydrogen-bond acceptors (Lipinski definition) is 1. The van der Waals surface area contributed by atoms with Gasteiger partial charge in [0.25, 0.3) is 0 Å². The van der Waals surface area contributed by atoms with Crippen LogP contribution in [0, 0.1) is 0 Å². The van der Waals surface area contributed by atoms with Crippen LogP contribution < -0.4 is 24.8 Å². The van der Waals surface area contributed by atoms with Crippen LogP contribution in [0.5, 0.6) is 0 Å². The maximum Gasteiger partial charge on any atom is 2.00 e. The Morgan fingerprint density at radius 2 is 1.20 bits per heavy atom. The average Bonchev–Trinajstić information content (AvgIpc) is 1.33. The van der Waals surface area contributed by atoms with Gasteiger partial charge in [0.05, 0.1) is 0 Å². The molecule has 0 aliphatic heterocycles. The minimum absolute atomic E-state index is 0. The quantitative estimate of drug-likeness (QED) is 0.440. The van der Waals surface area contributed by atoms with Crippen molar-refractivity contribution in [3.05, 3.63) is 0 Å². The van der Waals surface area contributed by atoms with E-state index in [-0.39, 0.29) is 54.5 Å². The predicted molar refractivity (Wildman–Crippen MR) is 41.8 cm³/mol. The molecule has 0 radical (unpaired) electrons. The molecule has 0 heterocycles. The molecular weight excluding hydrogens is 269 g/mol. The summed E-state index contributed by atoms with van der Waals surface area (Å²) in [5.41, 5.74) is 0. The summed E-state index contributed by atoms with van der Waals surface area (Å²) in [6.07, 6.45) is 0. The fraction of sp³-hybridized carbons (Fsp3) is 1.00. The van der Waals surface area contributed by atoms with Crippen LogP contribution in [0.1, 0.15) is 6.92 Å². The second-order valence-electron chi connectivity index (χ2n) is 0.564. The molecule has 8 heteroatoms. The number of hydrogen-bond donors (Lipinski definition) is 1. The van der Waals surface area contributed by atoms with E-state index in [0.29, 0.717) is 0 Å². The van der Waals surface area contributed by atoms with Crippen LogP contribution >= 0.6 is 30.1 Å². The van der Waals surface area contributed by atoms with Gasteiger partial charge in [-0.3, -0.25) is 0 Å². The number of aliphatic hydroxyl groups is 1. The van der Waals surface area contributed by atoms with Crippen molar-refractivity contribution in [1.29, 1.82) is 0 Å². The van der Waals surface area contributed by atoms with Crippen molar-refractivity contribution in [2.24, 2.45) is 0 Å². The van der Waals surface area contributed by atoms with E-state index in [9.17, 15) is 0 Å². The summed E-state index contributed by atoms with van der Waals surface area (Å²) >= 11 is -1.72. The molecule has 0 atom stereocenters. The second-order valence-corrected chi connectivity index (χ2v) is 7.00. The van der Waals surface area contributed by atoms with Crippen LogP contribution in [0.4, 0.5) is 0 Å². The summed E-state index contributed by atoms with van der Waals surface area (Å²) in [7, 11) is 14.8. The zero-order chi connectivity index (χ0) is 6.28. The van der Waals surface area contributed by atoms with Gasteiger partial charge in [0.1, 0.15) is 0 Å². The Kier molecular flexibility index (Phi) is 87.5.